The van der Waals surface area contributed by atoms with E-state index in [1.807, 2.05) is 13.8 Å². The average Bonchev–Trinajstić information content (AvgIpc) is 2.10. The van der Waals surface area contributed by atoms with E-state index < -0.39 is 17.1 Å². The lowest BCUT2D eigenvalue weighted by Crippen LogP contribution is -2.51. The van der Waals surface area contributed by atoms with Crippen molar-refractivity contribution in [2.75, 3.05) is 0 Å². The van der Waals surface area contributed by atoms with Crippen LogP contribution in [-0.4, -0.2) is 22.6 Å². The van der Waals surface area contributed by atoms with Crippen molar-refractivity contribution in [1.82, 2.24) is 0 Å². The Labute approximate surface area is 94.3 Å². The van der Waals surface area contributed by atoms with E-state index in [1.54, 1.807) is 6.92 Å². The van der Waals surface area contributed by atoms with Crippen LogP contribution in [-0.2, 0) is 9.53 Å². The molecule has 5 heteroatoms. The van der Waals surface area contributed by atoms with Crippen LogP contribution >= 0.6 is 0 Å². The Balaban J connectivity index is 3.06. The first-order valence-corrected chi connectivity index (χ1v) is 5.07. The van der Waals surface area contributed by atoms with Crippen LogP contribution in [0.3, 0.4) is 0 Å². The largest absolute Gasteiger partial charge is 0.515 e. The van der Waals surface area contributed by atoms with Crippen LogP contribution in [0.25, 0.3) is 0 Å². The Hall–Kier alpha value is -1.52. The van der Waals surface area contributed by atoms with Gasteiger partial charge in [-0.1, -0.05) is 13.8 Å². The summed E-state index contributed by atoms with van der Waals surface area (Å²) in [6.07, 6.45) is 0.295. The average molecular weight is 227 g/mol. The Morgan fingerprint density at radius 1 is 1.44 bits per heavy atom. The van der Waals surface area contributed by atoms with Gasteiger partial charge in [0, 0.05) is 23.8 Å². The lowest BCUT2D eigenvalue weighted by molar-refractivity contribution is -0.131. The molecular weight excluding hydrogens is 210 g/mol. The van der Waals surface area contributed by atoms with E-state index in [1.165, 1.54) is 0 Å². The van der Waals surface area contributed by atoms with E-state index in [2.05, 4.69) is 0 Å². The van der Waals surface area contributed by atoms with Crippen molar-refractivity contribution < 1.29 is 19.4 Å². The van der Waals surface area contributed by atoms with Crippen molar-refractivity contribution in [1.29, 1.82) is 0 Å². The third-order valence-corrected chi connectivity index (χ3v) is 3.40. The monoisotopic (exact) mass is 227 g/mol. The van der Waals surface area contributed by atoms with Gasteiger partial charge in [0.2, 0.25) is 0 Å². The van der Waals surface area contributed by atoms with E-state index in [0.717, 1.165) is 6.26 Å². The predicted octanol–water partition coefficient (Wildman–Crippen LogP) is 1.67. The van der Waals surface area contributed by atoms with Gasteiger partial charge in [-0.05, 0) is 6.92 Å². The summed E-state index contributed by atoms with van der Waals surface area (Å²) in [7, 11) is 0. The molecule has 0 saturated heterocycles. The molecule has 5 nitrogen and oxygen atoms in total. The third-order valence-electron chi connectivity index (χ3n) is 3.40. The number of Topliss-reactive ketones (excluding diaryl/α,β-unsaturated/α-hetero) is 1. The maximum absolute atomic E-state index is 11.6. The number of amides is 1. The van der Waals surface area contributed by atoms with Crippen LogP contribution in [0.2, 0.25) is 0 Å². The van der Waals surface area contributed by atoms with Gasteiger partial charge in [0.05, 0.1) is 6.26 Å². The number of carbonyl (C=O) groups excluding carboxylic acids is 2. The Kier molecular flexibility index (Phi) is 2.99. The second-order valence-corrected chi connectivity index (χ2v) is 4.97. The molecule has 0 radical (unpaired) electrons. The number of aliphatic hydroxyl groups is 1. The molecule has 1 fully saturated rings. The molecule has 90 valence electrons. The van der Waals surface area contributed by atoms with E-state index in [-0.39, 0.29) is 24.2 Å². The molecular formula is C11H17NO4. The minimum absolute atomic E-state index is 0.127. The number of nitrogens with two attached hydrogens (primary N) is 1. The maximum atomic E-state index is 11.6. The standard InChI is InChI=1S/C11H17NO4/c1-10(2)5-8(14)7(6-13)4-11(10,3)16-9(12)15/h6,13H,4-5H2,1-3H3,(H2,12,15). The molecule has 1 rings (SSSR count). The van der Waals surface area contributed by atoms with Gasteiger partial charge < -0.3 is 15.6 Å². The third kappa shape index (κ3) is 2.03. The fourth-order valence-electron chi connectivity index (χ4n) is 1.92. The van der Waals surface area contributed by atoms with Gasteiger partial charge in [0.25, 0.3) is 0 Å². The number of hydrogen-bond acceptors (Lipinski definition) is 4. The van der Waals surface area contributed by atoms with E-state index in [0.29, 0.717) is 0 Å². The first-order valence-electron chi connectivity index (χ1n) is 5.07. The summed E-state index contributed by atoms with van der Waals surface area (Å²) >= 11 is 0. The quantitative estimate of drug-likeness (QED) is 0.526. The van der Waals surface area contributed by atoms with Gasteiger partial charge in [-0.15, -0.1) is 0 Å². The summed E-state index contributed by atoms with van der Waals surface area (Å²) in [5, 5.41) is 8.94. The maximum Gasteiger partial charge on any atom is 0.405 e. The number of ketones is 1. The van der Waals surface area contributed by atoms with Crippen LogP contribution in [0, 0.1) is 5.41 Å². The zero-order valence-electron chi connectivity index (χ0n) is 9.74. The number of rotatable bonds is 1. The Bertz CT molecular complexity index is 359. The summed E-state index contributed by atoms with van der Waals surface area (Å²) in [4.78, 5) is 22.5. The zero-order valence-corrected chi connectivity index (χ0v) is 9.74. The molecule has 0 aliphatic heterocycles. The van der Waals surface area contributed by atoms with Gasteiger partial charge in [0.15, 0.2) is 5.78 Å². The fourth-order valence-corrected chi connectivity index (χ4v) is 1.92. The number of carbonyl (C=O) groups is 2. The smallest absolute Gasteiger partial charge is 0.405 e. The van der Waals surface area contributed by atoms with Gasteiger partial charge in [-0.2, -0.15) is 0 Å². The predicted molar refractivity (Wildman–Crippen MR) is 57.8 cm³/mol. The first kappa shape index (κ1) is 12.5. The molecule has 1 saturated carbocycles. The van der Waals surface area contributed by atoms with E-state index in [9.17, 15) is 9.59 Å². The molecule has 1 aliphatic rings. The molecule has 1 amide bonds. The summed E-state index contributed by atoms with van der Waals surface area (Å²) < 4.78 is 5.11. The molecule has 0 aromatic carbocycles. The highest BCUT2D eigenvalue weighted by atomic mass is 16.6. The molecule has 3 N–H and O–H groups in total. The van der Waals surface area contributed by atoms with Crippen LogP contribution in [0.15, 0.2) is 11.8 Å². The molecule has 0 heterocycles. The minimum atomic E-state index is -0.874. The van der Waals surface area contributed by atoms with E-state index >= 15 is 0 Å². The highest BCUT2D eigenvalue weighted by Gasteiger charge is 2.50. The zero-order chi connectivity index (χ0) is 12.6. The molecule has 1 aliphatic carbocycles. The van der Waals surface area contributed by atoms with Crippen LogP contribution < -0.4 is 5.73 Å². The number of primary amides is 1. The van der Waals surface area contributed by atoms with Gasteiger partial charge in [0.1, 0.15) is 5.60 Å². The summed E-state index contributed by atoms with van der Waals surface area (Å²) in [6.45, 7) is 5.39. The van der Waals surface area contributed by atoms with Gasteiger partial charge in [-0.3, -0.25) is 4.79 Å². The fraction of sp³-hybridized carbons (Fsp3) is 0.636. The first-order chi connectivity index (χ1) is 7.22. The topological polar surface area (TPSA) is 89.6 Å². The van der Waals surface area contributed by atoms with Gasteiger partial charge in [-0.25, -0.2) is 4.79 Å². The summed E-state index contributed by atoms with van der Waals surface area (Å²) in [5.41, 5.74) is 3.91. The number of aliphatic hydroxyl groups excluding tert-OH is 1. The van der Waals surface area contributed by atoms with Crippen molar-refractivity contribution in [3.8, 4) is 0 Å². The molecule has 0 aromatic heterocycles. The molecule has 0 bridgehead atoms. The highest BCUT2D eigenvalue weighted by molar-refractivity contribution is 5.96. The van der Waals surface area contributed by atoms with Crippen LogP contribution in [0.1, 0.15) is 33.6 Å². The van der Waals surface area contributed by atoms with Crippen molar-refractivity contribution in [2.24, 2.45) is 11.1 Å². The van der Waals surface area contributed by atoms with Crippen molar-refractivity contribution in [3.63, 3.8) is 0 Å². The summed E-state index contributed by atoms with van der Waals surface area (Å²) in [6, 6.07) is 0. The molecule has 1 unspecified atom stereocenters. The Morgan fingerprint density at radius 2 is 2.00 bits per heavy atom. The molecule has 0 aromatic rings. The van der Waals surface area contributed by atoms with Crippen molar-refractivity contribution >= 4 is 11.9 Å². The van der Waals surface area contributed by atoms with Crippen molar-refractivity contribution in [2.45, 2.75) is 39.2 Å². The number of ether oxygens (including phenoxy) is 1. The van der Waals surface area contributed by atoms with Crippen LogP contribution in [0.5, 0.6) is 0 Å². The molecule has 1 atom stereocenters. The summed E-state index contributed by atoms with van der Waals surface area (Å²) in [5.74, 6) is -0.127. The SMILES string of the molecule is CC1(C)CC(=O)C(=CO)CC1(C)OC(N)=O. The Morgan fingerprint density at radius 3 is 2.44 bits per heavy atom. The normalized spacial score (nSPS) is 31.4. The van der Waals surface area contributed by atoms with Gasteiger partial charge >= 0.3 is 6.09 Å². The second kappa shape index (κ2) is 3.81. The molecule has 16 heavy (non-hydrogen) atoms. The second-order valence-electron chi connectivity index (χ2n) is 4.97. The number of hydrogen-bond donors (Lipinski definition) is 2. The lowest BCUT2D eigenvalue weighted by Gasteiger charge is -2.46. The van der Waals surface area contributed by atoms with E-state index in [4.69, 9.17) is 15.6 Å². The van der Waals surface area contributed by atoms with Crippen LogP contribution in [0.4, 0.5) is 4.79 Å². The van der Waals surface area contributed by atoms with Crippen molar-refractivity contribution in [3.05, 3.63) is 11.8 Å². The molecule has 0 spiro atoms. The minimum Gasteiger partial charge on any atom is -0.515 e. The highest BCUT2D eigenvalue weighted by Crippen LogP contribution is 2.46. The lowest BCUT2D eigenvalue weighted by atomic mass is 9.64.